The molecule has 0 radical (unpaired) electrons. The van der Waals surface area contributed by atoms with E-state index in [1.807, 2.05) is 0 Å². The maximum absolute atomic E-state index is 11.5. The number of carbonyl (C=O) groups excluding carboxylic acids is 1. The van der Waals surface area contributed by atoms with Gasteiger partial charge in [-0.3, -0.25) is 10.1 Å². The Morgan fingerprint density at radius 2 is 2.12 bits per heavy atom. The SMILES string of the molecule is CC(C)OC(=O)c1ccc([N+](=O)[O-])cc1Cl. The molecule has 0 saturated heterocycles. The van der Waals surface area contributed by atoms with Gasteiger partial charge in [-0.05, 0) is 19.9 Å². The van der Waals surface area contributed by atoms with Crippen LogP contribution >= 0.6 is 11.6 Å². The molecule has 0 saturated carbocycles. The van der Waals surface area contributed by atoms with Crippen molar-refractivity contribution in [3.63, 3.8) is 0 Å². The maximum Gasteiger partial charge on any atom is 0.339 e. The van der Waals surface area contributed by atoms with Gasteiger partial charge in [0.1, 0.15) is 0 Å². The van der Waals surface area contributed by atoms with Crippen LogP contribution in [-0.2, 0) is 4.74 Å². The summed E-state index contributed by atoms with van der Waals surface area (Å²) in [7, 11) is 0. The van der Waals surface area contributed by atoms with Gasteiger partial charge in [0, 0.05) is 12.1 Å². The summed E-state index contributed by atoms with van der Waals surface area (Å²) in [5, 5.41) is 10.5. The van der Waals surface area contributed by atoms with Crippen LogP contribution in [0, 0.1) is 10.1 Å². The molecule has 0 N–H and O–H groups in total. The predicted octanol–water partition coefficient (Wildman–Crippen LogP) is 2.81. The fourth-order valence-electron chi connectivity index (χ4n) is 1.06. The highest BCUT2D eigenvalue weighted by molar-refractivity contribution is 6.33. The lowest BCUT2D eigenvalue weighted by molar-refractivity contribution is -0.384. The minimum Gasteiger partial charge on any atom is -0.459 e. The minimum atomic E-state index is -0.588. The van der Waals surface area contributed by atoms with E-state index in [-0.39, 0.29) is 22.4 Å². The molecule has 5 nitrogen and oxygen atoms in total. The van der Waals surface area contributed by atoms with Crippen LogP contribution in [0.3, 0.4) is 0 Å². The normalized spacial score (nSPS) is 10.2. The van der Waals surface area contributed by atoms with E-state index in [2.05, 4.69) is 0 Å². The molecule has 0 bridgehead atoms. The topological polar surface area (TPSA) is 69.4 Å². The zero-order valence-corrected chi connectivity index (χ0v) is 9.52. The Hall–Kier alpha value is -1.62. The average molecular weight is 244 g/mol. The van der Waals surface area contributed by atoms with Crippen LogP contribution in [0.4, 0.5) is 5.69 Å². The summed E-state index contributed by atoms with van der Waals surface area (Å²) in [6.45, 7) is 3.41. The van der Waals surface area contributed by atoms with Crippen molar-refractivity contribution >= 4 is 23.3 Å². The van der Waals surface area contributed by atoms with Crippen molar-refractivity contribution < 1.29 is 14.5 Å². The molecule has 0 heterocycles. The summed E-state index contributed by atoms with van der Waals surface area (Å²) in [4.78, 5) is 21.3. The zero-order valence-electron chi connectivity index (χ0n) is 8.77. The van der Waals surface area contributed by atoms with Crippen LogP contribution in [0.2, 0.25) is 5.02 Å². The van der Waals surface area contributed by atoms with E-state index in [0.717, 1.165) is 6.07 Å². The van der Waals surface area contributed by atoms with E-state index in [9.17, 15) is 14.9 Å². The van der Waals surface area contributed by atoms with Gasteiger partial charge in [0.2, 0.25) is 0 Å². The second-order valence-corrected chi connectivity index (χ2v) is 3.78. The second kappa shape index (κ2) is 4.94. The number of non-ortho nitro benzene ring substituents is 1. The van der Waals surface area contributed by atoms with Gasteiger partial charge in [0.25, 0.3) is 5.69 Å². The van der Waals surface area contributed by atoms with Crippen LogP contribution in [0.15, 0.2) is 18.2 Å². The Balaban J connectivity index is 2.99. The van der Waals surface area contributed by atoms with Gasteiger partial charge in [0.15, 0.2) is 0 Å². The summed E-state index contributed by atoms with van der Waals surface area (Å²) in [5.74, 6) is -0.588. The number of rotatable bonds is 3. The summed E-state index contributed by atoms with van der Waals surface area (Å²) < 4.78 is 4.92. The van der Waals surface area contributed by atoms with Crippen LogP contribution in [0.25, 0.3) is 0 Å². The van der Waals surface area contributed by atoms with Gasteiger partial charge in [-0.2, -0.15) is 0 Å². The van der Waals surface area contributed by atoms with Gasteiger partial charge >= 0.3 is 5.97 Å². The summed E-state index contributed by atoms with van der Waals surface area (Å²) in [6, 6.07) is 3.62. The summed E-state index contributed by atoms with van der Waals surface area (Å²) in [5.41, 5.74) is -0.0351. The first-order chi connectivity index (χ1) is 7.41. The molecule has 0 aromatic heterocycles. The third-order valence-corrected chi connectivity index (χ3v) is 2.04. The molecule has 0 spiro atoms. The average Bonchev–Trinajstić information content (AvgIpc) is 2.15. The fraction of sp³-hybridized carbons (Fsp3) is 0.300. The molecule has 1 aromatic carbocycles. The highest BCUT2D eigenvalue weighted by atomic mass is 35.5. The molecule has 0 aliphatic heterocycles. The van der Waals surface area contributed by atoms with Crippen molar-refractivity contribution in [1.29, 1.82) is 0 Å². The Morgan fingerprint density at radius 3 is 2.56 bits per heavy atom. The molecular formula is C10H10ClNO4. The maximum atomic E-state index is 11.5. The van der Waals surface area contributed by atoms with Crippen LogP contribution in [0.1, 0.15) is 24.2 Å². The molecular weight excluding hydrogens is 234 g/mol. The molecule has 6 heteroatoms. The lowest BCUT2D eigenvalue weighted by Gasteiger charge is -2.08. The van der Waals surface area contributed by atoms with Crippen LogP contribution < -0.4 is 0 Å². The molecule has 1 aromatic rings. The van der Waals surface area contributed by atoms with Gasteiger partial charge in [-0.25, -0.2) is 4.79 Å². The third kappa shape index (κ3) is 2.93. The number of halogens is 1. The Bertz CT molecular complexity index is 431. The Labute approximate surface area is 97.1 Å². The standard InChI is InChI=1S/C10H10ClNO4/c1-6(2)16-10(13)8-4-3-7(12(14)15)5-9(8)11/h3-6H,1-2H3. The van der Waals surface area contributed by atoms with Gasteiger partial charge in [-0.1, -0.05) is 11.6 Å². The molecule has 0 aliphatic carbocycles. The monoisotopic (exact) mass is 243 g/mol. The van der Waals surface area contributed by atoms with E-state index < -0.39 is 10.9 Å². The lowest BCUT2D eigenvalue weighted by atomic mass is 10.2. The summed E-state index contributed by atoms with van der Waals surface area (Å²) >= 11 is 5.75. The molecule has 16 heavy (non-hydrogen) atoms. The van der Waals surface area contributed by atoms with E-state index >= 15 is 0 Å². The number of ether oxygens (including phenoxy) is 1. The van der Waals surface area contributed by atoms with Gasteiger partial charge < -0.3 is 4.74 Å². The number of hydrogen-bond acceptors (Lipinski definition) is 4. The quantitative estimate of drug-likeness (QED) is 0.465. The van der Waals surface area contributed by atoms with Crippen LogP contribution in [-0.4, -0.2) is 17.0 Å². The van der Waals surface area contributed by atoms with E-state index in [0.29, 0.717) is 0 Å². The Kier molecular flexibility index (Phi) is 3.84. The van der Waals surface area contributed by atoms with Crippen molar-refractivity contribution in [2.24, 2.45) is 0 Å². The van der Waals surface area contributed by atoms with Gasteiger partial charge in [-0.15, -0.1) is 0 Å². The number of nitro benzene ring substituents is 1. The number of benzene rings is 1. The number of hydrogen-bond donors (Lipinski definition) is 0. The molecule has 0 aliphatic rings. The van der Waals surface area contributed by atoms with Crippen molar-refractivity contribution in [3.05, 3.63) is 38.9 Å². The van der Waals surface area contributed by atoms with Crippen LogP contribution in [0.5, 0.6) is 0 Å². The number of nitrogens with zero attached hydrogens (tertiary/aromatic N) is 1. The van der Waals surface area contributed by atoms with Crippen molar-refractivity contribution in [2.45, 2.75) is 20.0 Å². The molecule has 86 valence electrons. The van der Waals surface area contributed by atoms with Crippen molar-refractivity contribution in [3.8, 4) is 0 Å². The first-order valence-electron chi connectivity index (χ1n) is 4.56. The number of nitro groups is 1. The van der Waals surface area contributed by atoms with Crippen molar-refractivity contribution in [2.75, 3.05) is 0 Å². The largest absolute Gasteiger partial charge is 0.459 e. The van der Waals surface area contributed by atoms with E-state index in [1.165, 1.54) is 12.1 Å². The molecule has 0 amide bonds. The molecule has 0 atom stereocenters. The minimum absolute atomic E-state index is 0.0138. The highest BCUT2D eigenvalue weighted by Crippen LogP contribution is 2.23. The lowest BCUT2D eigenvalue weighted by Crippen LogP contribution is -2.12. The fourth-order valence-corrected chi connectivity index (χ4v) is 1.31. The molecule has 0 unspecified atom stereocenters. The number of carbonyl (C=O) groups is 1. The summed E-state index contributed by atoms with van der Waals surface area (Å²) in [6.07, 6.45) is -0.265. The second-order valence-electron chi connectivity index (χ2n) is 3.38. The van der Waals surface area contributed by atoms with Gasteiger partial charge in [0.05, 0.1) is 21.6 Å². The van der Waals surface area contributed by atoms with E-state index in [4.69, 9.17) is 16.3 Å². The predicted molar refractivity (Wildman–Crippen MR) is 58.7 cm³/mol. The third-order valence-electron chi connectivity index (χ3n) is 1.73. The first-order valence-corrected chi connectivity index (χ1v) is 4.94. The Morgan fingerprint density at radius 1 is 1.50 bits per heavy atom. The molecule has 1 rings (SSSR count). The van der Waals surface area contributed by atoms with E-state index in [1.54, 1.807) is 13.8 Å². The highest BCUT2D eigenvalue weighted by Gasteiger charge is 2.16. The smallest absolute Gasteiger partial charge is 0.339 e. The number of esters is 1. The van der Waals surface area contributed by atoms with Crippen molar-refractivity contribution in [1.82, 2.24) is 0 Å². The first kappa shape index (κ1) is 12.4. The zero-order chi connectivity index (χ0) is 12.3. The molecule has 0 fully saturated rings.